The van der Waals surface area contributed by atoms with Gasteiger partial charge in [-0.1, -0.05) is 37.5 Å². The molecule has 1 aromatic carbocycles. The number of benzene rings is 1. The van der Waals surface area contributed by atoms with Crippen molar-refractivity contribution in [3.8, 4) is 10.4 Å². The molecule has 1 fully saturated rings. The Kier molecular flexibility index (Phi) is 4.21. The third-order valence-corrected chi connectivity index (χ3v) is 5.56. The van der Waals surface area contributed by atoms with E-state index in [9.17, 15) is 0 Å². The van der Waals surface area contributed by atoms with E-state index in [1.165, 1.54) is 59.5 Å². The van der Waals surface area contributed by atoms with Gasteiger partial charge in [-0.05, 0) is 30.9 Å². The van der Waals surface area contributed by atoms with E-state index < -0.39 is 0 Å². The Hall–Kier alpha value is -0.840. The zero-order valence-electron chi connectivity index (χ0n) is 10.8. The van der Waals surface area contributed by atoms with E-state index in [0.717, 1.165) is 4.90 Å². The molecule has 19 heavy (non-hydrogen) atoms. The van der Waals surface area contributed by atoms with Gasteiger partial charge in [-0.3, -0.25) is 5.14 Å². The molecule has 2 nitrogen and oxygen atoms in total. The first-order valence-electron chi connectivity index (χ1n) is 6.80. The smallest absolute Gasteiger partial charge is 0.0962 e. The maximum absolute atomic E-state index is 5.74. The second kappa shape index (κ2) is 6.07. The lowest BCUT2D eigenvalue weighted by atomic mass is 9.90. The van der Waals surface area contributed by atoms with Crippen LogP contribution in [-0.2, 0) is 0 Å². The molecular weight excluding hydrogens is 272 g/mol. The summed E-state index contributed by atoms with van der Waals surface area (Å²) in [6, 6.07) is 8.30. The molecule has 4 heteroatoms. The number of rotatable bonds is 3. The average molecular weight is 290 g/mol. The topological polar surface area (TPSA) is 38.9 Å². The molecule has 100 valence electrons. The van der Waals surface area contributed by atoms with Crippen LogP contribution in [0.4, 0.5) is 0 Å². The standard InChI is InChI=1S/C15H18N2S2/c16-19-13-9-5-4-8-12(13)14-10-17-15(18-14)11-6-2-1-3-7-11/h4-5,8-11H,1-3,6-7,16H2. The van der Waals surface area contributed by atoms with Crippen LogP contribution in [0.5, 0.6) is 0 Å². The van der Waals surface area contributed by atoms with Crippen molar-refractivity contribution in [3.05, 3.63) is 35.5 Å². The summed E-state index contributed by atoms with van der Waals surface area (Å²) in [4.78, 5) is 7.03. The summed E-state index contributed by atoms with van der Waals surface area (Å²) in [6.45, 7) is 0. The zero-order chi connectivity index (χ0) is 13.1. The van der Waals surface area contributed by atoms with Gasteiger partial charge in [0.1, 0.15) is 0 Å². The largest absolute Gasteiger partial charge is 0.274 e. The number of hydrogen-bond donors (Lipinski definition) is 1. The lowest BCUT2D eigenvalue weighted by Gasteiger charge is -2.18. The number of hydrogen-bond acceptors (Lipinski definition) is 4. The fourth-order valence-electron chi connectivity index (χ4n) is 2.72. The summed E-state index contributed by atoms with van der Waals surface area (Å²) in [7, 11) is 0. The highest BCUT2D eigenvalue weighted by Gasteiger charge is 2.19. The van der Waals surface area contributed by atoms with Crippen molar-refractivity contribution in [2.24, 2.45) is 5.14 Å². The monoisotopic (exact) mass is 290 g/mol. The molecule has 0 amide bonds. The predicted molar refractivity (Wildman–Crippen MR) is 83.4 cm³/mol. The van der Waals surface area contributed by atoms with Crippen LogP contribution >= 0.6 is 23.3 Å². The molecule has 1 heterocycles. The number of aromatic nitrogens is 1. The molecule has 2 aromatic rings. The van der Waals surface area contributed by atoms with Crippen molar-refractivity contribution in [2.75, 3.05) is 0 Å². The van der Waals surface area contributed by atoms with Crippen LogP contribution in [-0.4, -0.2) is 4.98 Å². The molecule has 1 aliphatic carbocycles. The first-order chi connectivity index (χ1) is 9.38. The summed E-state index contributed by atoms with van der Waals surface area (Å²) >= 11 is 3.16. The lowest BCUT2D eigenvalue weighted by molar-refractivity contribution is 0.442. The highest BCUT2D eigenvalue weighted by molar-refractivity contribution is 7.97. The van der Waals surface area contributed by atoms with E-state index in [2.05, 4.69) is 23.2 Å². The molecule has 3 rings (SSSR count). The van der Waals surface area contributed by atoms with Gasteiger partial charge in [0, 0.05) is 22.6 Å². The van der Waals surface area contributed by atoms with Gasteiger partial charge in [-0.25, -0.2) is 4.98 Å². The van der Waals surface area contributed by atoms with Gasteiger partial charge in [0.25, 0.3) is 0 Å². The Labute approximate surface area is 122 Å². The van der Waals surface area contributed by atoms with E-state index in [-0.39, 0.29) is 0 Å². The van der Waals surface area contributed by atoms with Crippen LogP contribution in [0.1, 0.15) is 43.0 Å². The SMILES string of the molecule is NSc1ccccc1-c1cnc(C2CCCCC2)s1. The normalized spacial score (nSPS) is 16.7. The van der Waals surface area contributed by atoms with Crippen molar-refractivity contribution in [3.63, 3.8) is 0 Å². The van der Waals surface area contributed by atoms with Gasteiger partial charge in [0.15, 0.2) is 0 Å². The minimum Gasteiger partial charge on any atom is -0.274 e. The first kappa shape index (κ1) is 13.2. The fourth-order valence-corrected chi connectivity index (χ4v) is 4.38. The molecule has 0 bridgehead atoms. The van der Waals surface area contributed by atoms with E-state index in [1.807, 2.05) is 23.6 Å². The third kappa shape index (κ3) is 2.86. The second-order valence-electron chi connectivity index (χ2n) is 5.01. The fraction of sp³-hybridized carbons (Fsp3) is 0.400. The first-order valence-corrected chi connectivity index (χ1v) is 8.50. The molecule has 2 N–H and O–H groups in total. The molecule has 1 aromatic heterocycles. The maximum Gasteiger partial charge on any atom is 0.0962 e. The van der Waals surface area contributed by atoms with Crippen molar-refractivity contribution in [1.29, 1.82) is 0 Å². The van der Waals surface area contributed by atoms with Crippen molar-refractivity contribution < 1.29 is 0 Å². The van der Waals surface area contributed by atoms with Gasteiger partial charge < -0.3 is 0 Å². The van der Waals surface area contributed by atoms with E-state index >= 15 is 0 Å². The van der Waals surface area contributed by atoms with Crippen molar-refractivity contribution in [1.82, 2.24) is 4.98 Å². The predicted octanol–water partition coefficient (Wildman–Crippen LogP) is 4.82. The summed E-state index contributed by atoms with van der Waals surface area (Å²) in [5, 5.41) is 7.05. The van der Waals surface area contributed by atoms with E-state index in [0.29, 0.717) is 5.92 Å². The Morgan fingerprint density at radius 1 is 1.16 bits per heavy atom. The highest BCUT2D eigenvalue weighted by atomic mass is 32.2. The summed E-state index contributed by atoms with van der Waals surface area (Å²) in [5.74, 6) is 0.685. The third-order valence-electron chi connectivity index (χ3n) is 3.76. The Morgan fingerprint density at radius 2 is 1.95 bits per heavy atom. The molecule has 0 saturated heterocycles. The molecule has 1 aliphatic rings. The van der Waals surface area contributed by atoms with Gasteiger partial charge in [-0.2, -0.15) is 0 Å². The molecule has 0 atom stereocenters. The quantitative estimate of drug-likeness (QED) is 0.823. The van der Waals surface area contributed by atoms with Gasteiger partial charge in [0.05, 0.1) is 9.88 Å². The van der Waals surface area contributed by atoms with Crippen LogP contribution in [0.3, 0.4) is 0 Å². The van der Waals surface area contributed by atoms with E-state index in [4.69, 9.17) is 5.14 Å². The van der Waals surface area contributed by atoms with E-state index in [1.54, 1.807) is 0 Å². The minimum absolute atomic E-state index is 0.685. The van der Waals surface area contributed by atoms with Gasteiger partial charge in [0.2, 0.25) is 0 Å². The average Bonchev–Trinajstić information content (AvgIpc) is 2.98. The van der Waals surface area contributed by atoms with Crippen molar-refractivity contribution in [2.45, 2.75) is 42.9 Å². The Bertz CT molecular complexity index is 545. The summed E-state index contributed by atoms with van der Waals surface area (Å²) in [5.41, 5.74) is 1.22. The zero-order valence-corrected chi connectivity index (χ0v) is 12.5. The van der Waals surface area contributed by atoms with Crippen LogP contribution in [0, 0.1) is 0 Å². The molecule has 1 saturated carbocycles. The molecule has 0 spiro atoms. The lowest BCUT2D eigenvalue weighted by Crippen LogP contribution is -2.03. The van der Waals surface area contributed by atoms with Crippen molar-refractivity contribution >= 4 is 23.3 Å². The molecule has 0 aliphatic heterocycles. The van der Waals surface area contributed by atoms with Gasteiger partial charge in [-0.15, -0.1) is 11.3 Å². The number of thiazole rings is 1. The van der Waals surface area contributed by atoms with Crippen LogP contribution < -0.4 is 5.14 Å². The van der Waals surface area contributed by atoms with Crippen LogP contribution in [0.25, 0.3) is 10.4 Å². The maximum atomic E-state index is 5.74. The number of nitrogens with zero attached hydrogens (tertiary/aromatic N) is 1. The highest BCUT2D eigenvalue weighted by Crippen LogP contribution is 2.39. The summed E-state index contributed by atoms with van der Waals surface area (Å²) in [6.07, 6.45) is 8.73. The van der Waals surface area contributed by atoms with Gasteiger partial charge >= 0.3 is 0 Å². The summed E-state index contributed by atoms with van der Waals surface area (Å²) < 4.78 is 0. The molecule has 0 unspecified atom stereocenters. The Morgan fingerprint density at radius 3 is 2.74 bits per heavy atom. The number of nitrogens with two attached hydrogens (primary N) is 1. The minimum atomic E-state index is 0.685. The molecule has 0 radical (unpaired) electrons. The molecular formula is C15H18N2S2. The van der Waals surface area contributed by atoms with Crippen LogP contribution in [0.15, 0.2) is 35.4 Å². The van der Waals surface area contributed by atoms with Crippen LogP contribution in [0.2, 0.25) is 0 Å². The Balaban J connectivity index is 1.88. The second-order valence-corrected chi connectivity index (χ2v) is 6.75.